The minimum atomic E-state index is -0.792. The van der Waals surface area contributed by atoms with E-state index in [2.05, 4.69) is 13.8 Å². The molecule has 3 N–H and O–H groups in total. The largest absolute Gasteiger partial charge is 0.481 e. The molecule has 1 fully saturated rings. The van der Waals surface area contributed by atoms with Crippen LogP contribution in [-0.2, 0) is 4.79 Å². The topological polar surface area (TPSA) is 63.3 Å². The van der Waals surface area contributed by atoms with Crippen LogP contribution in [0.4, 0.5) is 0 Å². The number of rotatable bonds is 6. The maximum Gasteiger partial charge on any atom is 0.304 e. The van der Waals surface area contributed by atoms with Crippen LogP contribution < -0.4 is 5.73 Å². The normalized spacial score (nSPS) is 19.4. The first-order valence-electron chi connectivity index (χ1n) is 5.36. The van der Waals surface area contributed by atoms with Gasteiger partial charge in [0, 0.05) is 6.04 Å². The summed E-state index contributed by atoms with van der Waals surface area (Å²) in [5, 5.41) is 8.59. The molecule has 1 rings (SSSR count). The number of carbonyl (C=O) groups is 1. The molecule has 1 aliphatic rings. The first-order valence-corrected chi connectivity index (χ1v) is 5.36. The molecule has 0 amide bonds. The summed E-state index contributed by atoms with van der Waals surface area (Å²) in [5.41, 5.74) is 5.98. The lowest BCUT2D eigenvalue weighted by atomic mass is 9.80. The zero-order chi connectivity index (χ0) is 10.8. The maximum absolute atomic E-state index is 10.5. The molecule has 0 aromatic heterocycles. The number of hydrogen-bond donors (Lipinski definition) is 2. The molecule has 0 unspecified atom stereocenters. The minimum Gasteiger partial charge on any atom is -0.481 e. The Kier molecular flexibility index (Phi) is 3.53. The fourth-order valence-electron chi connectivity index (χ4n) is 2.19. The highest BCUT2D eigenvalue weighted by atomic mass is 16.4. The summed E-state index contributed by atoms with van der Waals surface area (Å²) in [4.78, 5) is 10.5. The first kappa shape index (κ1) is 11.5. The smallest absolute Gasteiger partial charge is 0.304 e. The molecular formula is C11H21NO2. The van der Waals surface area contributed by atoms with Crippen molar-refractivity contribution in [2.24, 2.45) is 17.1 Å². The van der Waals surface area contributed by atoms with Gasteiger partial charge in [0.25, 0.3) is 0 Å². The highest BCUT2D eigenvalue weighted by molar-refractivity contribution is 5.67. The van der Waals surface area contributed by atoms with E-state index in [1.807, 2.05) is 0 Å². The molecule has 14 heavy (non-hydrogen) atoms. The van der Waals surface area contributed by atoms with Gasteiger partial charge in [-0.05, 0) is 24.2 Å². The molecule has 1 aliphatic carbocycles. The predicted molar refractivity (Wildman–Crippen MR) is 56.0 cm³/mol. The van der Waals surface area contributed by atoms with Crippen molar-refractivity contribution in [3.05, 3.63) is 0 Å². The van der Waals surface area contributed by atoms with E-state index < -0.39 is 5.97 Å². The Bertz CT molecular complexity index is 209. The molecule has 0 aromatic carbocycles. The van der Waals surface area contributed by atoms with E-state index in [0.29, 0.717) is 0 Å². The molecule has 0 bridgehead atoms. The number of carboxylic acids is 1. The van der Waals surface area contributed by atoms with Gasteiger partial charge in [-0.1, -0.05) is 26.7 Å². The molecular weight excluding hydrogens is 178 g/mol. The number of nitrogens with two attached hydrogens (primary N) is 1. The summed E-state index contributed by atoms with van der Waals surface area (Å²) in [6.45, 7) is 4.38. The lowest BCUT2D eigenvalue weighted by molar-refractivity contribution is -0.137. The van der Waals surface area contributed by atoms with Crippen LogP contribution in [-0.4, -0.2) is 17.1 Å². The Morgan fingerprint density at radius 1 is 1.57 bits per heavy atom. The molecule has 1 saturated carbocycles. The van der Waals surface area contributed by atoms with Crippen LogP contribution in [0.3, 0.4) is 0 Å². The number of hydrogen-bond acceptors (Lipinski definition) is 2. The Hall–Kier alpha value is -0.570. The molecule has 82 valence electrons. The molecule has 0 radical (unpaired) electrons. The third-order valence-electron chi connectivity index (χ3n) is 2.79. The fourth-order valence-corrected chi connectivity index (χ4v) is 2.19. The fraction of sp³-hybridized carbons (Fsp3) is 0.909. The summed E-state index contributed by atoms with van der Waals surface area (Å²) >= 11 is 0. The summed E-state index contributed by atoms with van der Waals surface area (Å²) in [7, 11) is 0. The summed E-state index contributed by atoms with van der Waals surface area (Å²) < 4.78 is 0. The van der Waals surface area contributed by atoms with Gasteiger partial charge >= 0.3 is 5.97 Å². The first-order chi connectivity index (χ1) is 6.39. The Morgan fingerprint density at radius 3 is 2.57 bits per heavy atom. The SMILES string of the molecule is CC(C)(CC1CC1)C[C@H](N)CC(=O)O. The standard InChI is InChI=1S/C11H21NO2/c1-11(2,6-8-3-4-8)7-9(12)5-10(13)14/h8-9H,3-7,12H2,1-2H3,(H,13,14)/t9-/m1/s1. The van der Waals surface area contributed by atoms with E-state index in [1.165, 1.54) is 19.3 Å². The zero-order valence-electron chi connectivity index (χ0n) is 9.12. The van der Waals surface area contributed by atoms with Crippen LogP contribution in [0.2, 0.25) is 0 Å². The lowest BCUT2D eigenvalue weighted by Gasteiger charge is -2.27. The van der Waals surface area contributed by atoms with Gasteiger partial charge in [-0.3, -0.25) is 4.79 Å². The van der Waals surface area contributed by atoms with E-state index in [1.54, 1.807) is 0 Å². The molecule has 0 aromatic rings. The third kappa shape index (κ3) is 4.61. The second kappa shape index (κ2) is 4.30. The number of carboxylic acid groups (broad SMARTS) is 1. The average molecular weight is 199 g/mol. The number of aliphatic carboxylic acids is 1. The van der Waals surface area contributed by atoms with Gasteiger partial charge in [0.05, 0.1) is 6.42 Å². The van der Waals surface area contributed by atoms with E-state index >= 15 is 0 Å². The van der Waals surface area contributed by atoms with Crippen molar-refractivity contribution in [3.8, 4) is 0 Å². The van der Waals surface area contributed by atoms with E-state index in [0.717, 1.165) is 12.3 Å². The lowest BCUT2D eigenvalue weighted by Crippen LogP contribution is -2.30. The molecule has 0 spiro atoms. The predicted octanol–water partition coefficient (Wildman–Crippen LogP) is 2.00. The van der Waals surface area contributed by atoms with Crippen LogP contribution in [0.25, 0.3) is 0 Å². The van der Waals surface area contributed by atoms with Crippen molar-refractivity contribution in [3.63, 3.8) is 0 Å². The van der Waals surface area contributed by atoms with Gasteiger partial charge in [0.1, 0.15) is 0 Å². The van der Waals surface area contributed by atoms with Crippen LogP contribution >= 0.6 is 0 Å². The van der Waals surface area contributed by atoms with Gasteiger partial charge in [-0.2, -0.15) is 0 Å². The Balaban J connectivity index is 2.28. The summed E-state index contributed by atoms with van der Waals surface area (Å²) in [6, 6.07) is -0.193. The van der Waals surface area contributed by atoms with E-state index in [4.69, 9.17) is 10.8 Å². The van der Waals surface area contributed by atoms with Crippen molar-refractivity contribution in [1.82, 2.24) is 0 Å². The zero-order valence-corrected chi connectivity index (χ0v) is 9.12. The van der Waals surface area contributed by atoms with Crippen LogP contribution in [0.15, 0.2) is 0 Å². The van der Waals surface area contributed by atoms with E-state index in [9.17, 15) is 4.79 Å². The van der Waals surface area contributed by atoms with Crippen molar-refractivity contribution in [1.29, 1.82) is 0 Å². The van der Waals surface area contributed by atoms with Gasteiger partial charge in [0.2, 0.25) is 0 Å². The molecule has 0 aliphatic heterocycles. The Morgan fingerprint density at radius 2 is 2.14 bits per heavy atom. The van der Waals surface area contributed by atoms with Crippen LogP contribution in [0.5, 0.6) is 0 Å². The molecule has 0 saturated heterocycles. The van der Waals surface area contributed by atoms with Crippen molar-refractivity contribution in [2.45, 2.75) is 52.0 Å². The Labute approximate surface area is 85.7 Å². The molecule has 3 nitrogen and oxygen atoms in total. The van der Waals surface area contributed by atoms with Crippen molar-refractivity contribution in [2.75, 3.05) is 0 Å². The van der Waals surface area contributed by atoms with Crippen molar-refractivity contribution < 1.29 is 9.90 Å². The van der Waals surface area contributed by atoms with Gasteiger partial charge in [0.15, 0.2) is 0 Å². The quantitative estimate of drug-likeness (QED) is 0.687. The highest BCUT2D eigenvalue weighted by Crippen LogP contribution is 2.42. The average Bonchev–Trinajstić information content (AvgIpc) is 2.65. The maximum atomic E-state index is 10.5. The van der Waals surface area contributed by atoms with Gasteiger partial charge in [-0.25, -0.2) is 0 Å². The summed E-state index contributed by atoms with van der Waals surface area (Å²) in [5.74, 6) is 0.0850. The second-order valence-corrected chi connectivity index (χ2v) is 5.37. The van der Waals surface area contributed by atoms with Crippen LogP contribution in [0.1, 0.15) is 46.0 Å². The van der Waals surface area contributed by atoms with Gasteiger partial charge < -0.3 is 10.8 Å². The third-order valence-corrected chi connectivity index (χ3v) is 2.79. The van der Waals surface area contributed by atoms with E-state index in [-0.39, 0.29) is 17.9 Å². The van der Waals surface area contributed by atoms with Crippen LogP contribution in [0, 0.1) is 11.3 Å². The highest BCUT2D eigenvalue weighted by Gasteiger charge is 2.31. The second-order valence-electron chi connectivity index (χ2n) is 5.37. The van der Waals surface area contributed by atoms with Crippen molar-refractivity contribution >= 4 is 5.97 Å². The minimum absolute atomic E-state index is 0.0914. The van der Waals surface area contributed by atoms with Gasteiger partial charge in [-0.15, -0.1) is 0 Å². The monoisotopic (exact) mass is 199 g/mol. The molecule has 3 heteroatoms. The molecule has 0 heterocycles. The molecule has 1 atom stereocenters. The summed E-state index contributed by atoms with van der Waals surface area (Å²) in [6.07, 6.45) is 4.79.